The number of allylic oxidation sites excluding steroid dienone is 1. The summed E-state index contributed by atoms with van der Waals surface area (Å²) in [5, 5.41) is 0. The predicted molar refractivity (Wildman–Crippen MR) is 128 cm³/mol. The van der Waals surface area contributed by atoms with Crippen molar-refractivity contribution in [2.75, 3.05) is 0 Å². The van der Waals surface area contributed by atoms with E-state index in [1.807, 2.05) is 6.07 Å². The van der Waals surface area contributed by atoms with Gasteiger partial charge in [0.25, 0.3) is 0 Å². The standard InChI is InChI=1S/C28H30N2/c1-21(2)20-24-15-17-25(18-16-24)22(3)28-29-26-13-7-8-14-27(26)30(28)19-9-12-23-10-5-4-6-11-23/h4-18,21-22H,19-20H2,1-3H3. The van der Waals surface area contributed by atoms with Crippen LogP contribution in [-0.2, 0) is 13.0 Å². The Morgan fingerprint density at radius 1 is 0.833 bits per heavy atom. The fraction of sp³-hybridized carbons (Fsp3) is 0.250. The lowest BCUT2D eigenvalue weighted by atomic mass is 9.96. The van der Waals surface area contributed by atoms with Gasteiger partial charge in [-0.25, -0.2) is 4.98 Å². The van der Waals surface area contributed by atoms with Crippen LogP contribution in [0.2, 0.25) is 0 Å². The highest BCUT2D eigenvalue weighted by Gasteiger charge is 2.17. The molecule has 0 aliphatic rings. The van der Waals surface area contributed by atoms with E-state index in [1.54, 1.807) is 0 Å². The second-order valence-corrected chi connectivity index (χ2v) is 8.44. The molecular formula is C28H30N2. The summed E-state index contributed by atoms with van der Waals surface area (Å²) in [7, 11) is 0. The molecule has 0 fully saturated rings. The van der Waals surface area contributed by atoms with E-state index in [1.165, 1.54) is 22.2 Å². The highest BCUT2D eigenvalue weighted by atomic mass is 15.1. The average molecular weight is 395 g/mol. The summed E-state index contributed by atoms with van der Waals surface area (Å²) in [5.41, 5.74) is 6.18. The number of rotatable bonds is 7. The molecule has 4 rings (SSSR count). The van der Waals surface area contributed by atoms with E-state index in [2.05, 4.69) is 110 Å². The summed E-state index contributed by atoms with van der Waals surface area (Å²) in [5.74, 6) is 2.02. The Balaban J connectivity index is 1.64. The number of para-hydroxylation sites is 2. The molecule has 1 aromatic heterocycles. The molecule has 3 aromatic carbocycles. The zero-order chi connectivity index (χ0) is 20.9. The highest BCUT2D eigenvalue weighted by molar-refractivity contribution is 5.76. The van der Waals surface area contributed by atoms with Gasteiger partial charge in [-0.3, -0.25) is 0 Å². The summed E-state index contributed by atoms with van der Waals surface area (Å²) in [6.07, 6.45) is 5.53. The van der Waals surface area contributed by atoms with Gasteiger partial charge in [0.15, 0.2) is 0 Å². The number of hydrogen-bond donors (Lipinski definition) is 0. The van der Waals surface area contributed by atoms with E-state index in [-0.39, 0.29) is 5.92 Å². The van der Waals surface area contributed by atoms with Gasteiger partial charge in [0, 0.05) is 12.5 Å². The number of fused-ring (bicyclic) bond motifs is 1. The van der Waals surface area contributed by atoms with E-state index in [4.69, 9.17) is 4.98 Å². The summed E-state index contributed by atoms with van der Waals surface area (Å²) in [4.78, 5) is 5.01. The molecule has 2 nitrogen and oxygen atoms in total. The Bertz CT molecular complexity index is 1120. The van der Waals surface area contributed by atoms with Crippen molar-refractivity contribution in [2.45, 2.75) is 39.7 Å². The van der Waals surface area contributed by atoms with E-state index in [9.17, 15) is 0 Å². The first-order chi connectivity index (χ1) is 14.6. The zero-order valence-corrected chi connectivity index (χ0v) is 18.1. The molecule has 2 heteroatoms. The molecule has 0 spiro atoms. The first-order valence-electron chi connectivity index (χ1n) is 10.9. The van der Waals surface area contributed by atoms with Gasteiger partial charge >= 0.3 is 0 Å². The van der Waals surface area contributed by atoms with Crippen LogP contribution < -0.4 is 0 Å². The zero-order valence-electron chi connectivity index (χ0n) is 18.1. The van der Waals surface area contributed by atoms with E-state index in [0.29, 0.717) is 5.92 Å². The molecule has 0 radical (unpaired) electrons. The minimum atomic E-state index is 0.232. The largest absolute Gasteiger partial charge is 0.324 e. The summed E-state index contributed by atoms with van der Waals surface area (Å²) in [6, 6.07) is 28.0. The van der Waals surface area contributed by atoms with Gasteiger partial charge in [0.05, 0.1) is 11.0 Å². The third-order valence-corrected chi connectivity index (χ3v) is 5.59. The van der Waals surface area contributed by atoms with Crippen molar-refractivity contribution < 1.29 is 0 Å². The molecule has 0 aliphatic heterocycles. The van der Waals surface area contributed by atoms with Crippen molar-refractivity contribution in [3.8, 4) is 0 Å². The lowest BCUT2D eigenvalue weighted by Crippen LogP contribution is -2.08. The molecule has 0 bridgehead atoms. The van der Waals surface area contributed by atoms with Gasteiger partial charge in [-0.2, -0.15) is 0 Å². The second kappa shape index (κ2) is 9.13. The van der Waals surface area contributed by atoms with Gasteiger partial charge in [0.1, 0.15) is 5.82 Å². The predicted octanol–water partition coefficient (Wildman–Crippen LogP) is 7.10. The minimum Gasteiger partial charge on any atom is -0.324 e. The molecular weight excluding hydrogens is 364 g/mol. The van der Waals surface area contributed by atoms with Crippen LogP contribution in [0.5, 0.6) is 0 Å². The maximum Gasteiger partial charge on any atom is 0.117 e. The Labute approximate surface area is 179 Å². The molecule has 0 amide bonds. The Kier molecular flexibility index (Phi) is 6.13. The van der Waals surface area contributed by atoms with Crippen molar-refractivity contribution in [1.82, 2.24) is 9.55 Å². The van der Waals surface area contributed by atoms with Crippen molar-refractivity contribution in [1.29, 1.82) is 0 Å². The summed E-state index contributed by atoms with van der Waals surface area (Å²) in [6.45, 7) is 7.60. The molecule has 0 aliphatic carbocycles. The summed E-state index contributed by atoms with van der Waals surface area (Å²) < 4.78 is 2.35. The van der Waals surface area contributed by atoms with E-state index >= 15 is 0 Å². The smallest absolute Gasteiger partial charge is 0.117 e. The van der Waals surface area contributed by atoms with Crippen LogP contribution in [0.15, 0.2) is 84.9 Å². The molecule has 1 atom stereocenters. The number of aromatic nitrogens is 2. The molecule has 0 saturated heterocycles. The summed E-state index contributed by atoms with van der Waals surface area (Å²) >= 11 is 0. The SMILES string of the molecule is CC(C)Cc1ccc(C(C)c2nc3ccccc3n2CC=Cc2ccccc2)cc1. The Morgan fingerprint density at radius 2 is 1.53 bits per heavy atom. The maximum atomic E-state index is 5.01. The Hall–Kier alpha value is -3.13. The van der Waals surface area contributed by atoms with E-state index in [0.717, 1.165) is 24.3 Å². The molecule has 152 valence electrons. The van der Waals surface area contributed by atoms with Crippen LogP contribution in [0.1, 0.15) is 49.2 Å². The fourth-order valence-corrected chi connectivity index (χ4v) is 4.04. The Morgan fingerprint density at radius 3 is 2.27 bits per heavy atom. The van der Waals surface area contributed by atoms with Crippen LogP contribution in [0, 0.1) is 5.92 Å². The van der Waals surface area contributed by atoms with Crippen LogP contribution in [0.4, 0.5) is 0 Å². The lowest BCUT2D eigenvalue weighted by molar-refractivity contribution is 0.646. The number of nitrogens with zero attached hydrogens (tertiary/aromatic N) is 2. The number of hydrogen-bond acceptors (Lipinski definition) is 1. The molecule has 0 saturated carbocycles. The number of imidazole rings is 1. The molecule has 30 heavy (non-hydrogen) atoms. The van der Waals surface area contributed by atoms with Gasteiger partial charge in [-0.1, -0.05) is 99.7 Å². The molecule has 0 N–H and O–H groups in total. The van der Waals surface area contributed by atoms with Crippen LogP contribution in [0.3, 0.4) is 0 Å². The van der Waals surface area contributed by atoms with E-state index < -0.39 is 0 Å². The first kappa shape index (κ1) is 20.2. The normalized spacial score (nSPS) is 12.8. The topological polar surface area (TPSA) is 17.8 Å². The van der Waals surface area contributed by atoms with Crippen LogP contribution in [-0.4, -0.2) is 9.55 Å². The van der Waals surface area contributed by atoms with Crippen molar-refractivity contribution in [3.05, 3.63) is 107 Å². The number of benzene rings is 3. The fourth-order valence-electron chi connectivity index (χ4n) is 4.04. The third-order valence-electron chi connectivity index (χ3n) is 5.59. The first-order valence-corrected chi connectivity index (χ1v) is 10.9. The molecule has 4 aromatic rings. The maximum absolute atomic E-state index is 5.01. The quantitative estimate of drug-likeness (QED) is 0.327. The lowest BCUT2D eigenvalue weighted by Gasteiger charge is -2.15. The van der Waals surface area contributed by atoms with Gasteiger partial charge in [-0.15, -0.1) is 0 Å². The second-order valence-electron chi connectivity index (χ2n) is 8.44. The highest BCUT2D eigenvalue weighted by Crippen LogP contribution is 2.28. The van der Waals surface area contributed by atoms with Crippen molar-refractivity contribution in [3.63, 3.8) is 0 Å². The minimum absolute atomic E-state index is 0.232. The monoisotopic (exact) mass is 394 g/mol. The van der Waals surface area contributed by atoms with Crippen molar-refractivity contribution >= 4 is 17.1 Å². The molecule has 1 heterocycles. The van der Waals surface area contributed by atoms with Gasteiger partial charge < -0.3 is 4.57 Å². The van der Waals surface area contributed by atoms with Crippen molar-refractivity contribution in [2.24, 2.45) is 5.92 Å². The molecule has 1 unspecified atom stereocenters. The van der Waals surface area contributed by atoms with Gasteiger partial charge in [0.2, 0.25) is 0 Å². The third kappa shape index (κ3) is 4.54. The van der Waals surface area contributed by atoms with Crippen LogP contribution in [0.25, 0.3) is 17.1 Å². The van der Waals surface area contributed by atoms with Gasteiger partial charge in [-0.05, 0) is 41.2 Å². The average Bonchev–Trinajstić information content (AvgIpc) is 3.13. The van der Waals surface area contributed by atoms with Crippen LogP contribution >= 0.6 is 0 Å².